The van der Waals surface area contributed by atoms with Crippen LogP contribution in [0.5, 0.6) is 0 Å². The van der Waals surface area contributed by atoms with Gasteiger partial charge in [0.15, 0.2) is 0 Å². The second-order valence-electron chi connectivity index (χ2n) is 5.04. The van der Waals surface area contributed by atoms with Crippen LogP contribution in [0.3, 0.4) is 0 Å². The van der Waals surface area contributed by atoms with E-state index in [2.05, 4.69) is 0 Å². The number of amides is 1. The Morgan fingerprint density at radius 1 is 1.24 bits per heavy atom. The number of nitrogens with two attached hydrogens (primary N) is 1. The summed E-state index contributed by atoms with van der Waals surface area (Å²) in [5.74, 6) is -0.00338. The maximum atomic E-state index is 12.8. The van der Waals surface area contributed by atoms with E-state index in [1.807, 2.05) is 42.5 Å². The molecular weight excluding hydrogens is 284 g/mol. The van der Waals surface area contributed by atoms with Crippen molar-refractivity contribution in [2.24, 2.45) is 5.73 Å². The Morgan fingerprint density at radius 2 is 2.00 bits per heavy atom. The first-order valence-electron chi connectivity index (χ1n) is 6.85. The molecule has 1 fully saturated rings. The van der Waals surface area contributed by atoms with E-state index in [-0.39, 0.29) is 12.0 Å². The lowest BCUT2D eigenvalue weighted by Gasteiger charge is -2.32. The molecule has 3 rings (SSSR count). The molecule has 5 heteroatoms. The molecule has 0 radical (unpaired) electrons. The molecular formula is C16H16N2O2S. The summed E-state index contributed by atoms with van der Waals surface area (Å²) in [6.45, 7) is 1.43. The summed E-state index contributed by atoms with van der Waals surface area (Å²) in [5.41, 5.74) is 6.33. The number of hydrogen-bond acceptors (Lipinski definition) is 3. The molecule has 108 valence electrons. The first-order valence-corrected chi connectivity index (χ1v) is 7.25. The second-order valence-corrected chi connectivity index (χ2v) is 5.51. The van der Waals surface area contributed by atoms with Crippen LogP contribution in [0.2, 0.25) is 0 Å². The minimum atomic E-state index is -0.354. The van der Waals surface area contributed by atoms with Gasteiger partial charge in [0.2, 0.25) is 0 Å². The molecule has 2 aromatic carbocycles. The highest BCUT2D eigenvalue weighted by Gasteiger charge is 2.27. The van der Waals surface area contributed by atoms with Gasteiger partial charge in [-0.1, -0.05) is 48.6 Å². The molecule has 1 unspecified atom stereocenters. The fourth-order valence-corrected chi connectivity index (χ4v) is 2.73. The molecule has 4 nitrogen and oxygen atoms in total. The lowest BCUT2D eigenvalue weighted by Crippen LogP contribution is -2.49. The zero-order chi connectivity index (χ0) is 14.8. The predicted octanol–water partition coefficient (Wildman–Crippen LogP) is 1.97. The smallest absolute Gasteiger partial charge is 0.254 e. The van der Waals surface area contributed by atoms with E-state index in [1.54, 1.807) is 4.90 Å². The fourth-order valence-electron chi connectivity index (χ4n) is 2.59. The Hall–Kier alpha value is -1.98. The number of morpholine rings is 1. The number of ether oxygens (including phenoxy) is 1. The zero-order valence-electron chi connectivity index (χ0n) is 11.5. The Labute approximate surface area is 128 Å². The molecule has 1 heterocycles. The molecule has 1 atom stereocenters. The van der Waals surface area contributed by atoms with Crippen molar-refractivity contribution in [2.45, 2.75) is 6.10 Å². The van der Waals surface area contributed by atoms with Gasteiger partial charge in [0, 0.05) is 12.1 Å². The summed E-state index contributed by atoms with van der Waals surface area (Å²) < 4.78 is 5.48. The first kappa shape index (κ1) is 14.0. The van der Waals surface area contributed by atoms with E-state index in [0.29, 0.717) is 30.2 Å². The third-order valence-corrected chi connectivity index (χ3v) is 3.95. The molecule has 0 aliphatic carbocycles. The van der Waals surface area contributed by atoms with Gasteiger partial charge in [-0.05, 0) is 16.8 Å². The van der Waals surface area contributed by atoms with E-state index in [1.165, 1.54) is 0 Å². The Balaban J connectivity index is 1.92. The van der Waals surface area contributed by atoms with Crippen molar-refractivity contribution in [3.63, 3.8) is 0 Å². The first-order chi connectivity index (χ1) is 10.2. The molecule has 1 saturated heterocycles. The number of carbonyl (C=O) groups excluding carboxylic acids is 1. The van der Waals surface area contributed by atoms with Gasteiger partial charge in [-0.15, -0.1) is 0 Å². The van der Waals surface area contributed by atoms with Crippen molar-refractivity contribution in [3.8, 4) is 0 Å². The van der Waals surface area contributed by atoms with Crippen LogP contribution in [0, 0.1) is 0 Å². The number of nitrogens with zero attached hydrogens (tertiary/aromatic N) is 1. The van der Waals surface area contributed by atoms with Gasteiger partial charge in [0.25, 0.3) is 5.91 Å². The lowest BCUT2D eigenvalue weighted by molar-refractivity contribution is 0.00888. The van der Waals surface area contributed by atoms with Gasteiger partial charge < -0.3 is 15.4 Å². The third-order valence-electron chi connectivity index (χ3n) is 3.69. The topological polar surface area (TPSA) is 55.6 Å². The molecule has 0 saturated carbocycles. The average Bonchev–Trinajstić information content (AvgIpc) is 2.53. The molecule has 1 amide bonds. The average molecular weight is 300 g/mol. The van der Waals surface area contributed by atoms with Crippen molar-refractivity contribution in [3.05, 3.63) is 48.0 Å². The van der Waals surface area contributed by atoms with Gasteiger partial charge >= 0.3 is 0 Å². The van der Waals surface area contributed by atoms with Gasteiger partial charge in [0.05, 0.1) is 13.2 Å². The van der Waals surface area contributed by atoms with Crippen molar-refractivity contribution in [1.82, 2.24) is 4.90 Å². The second kappa shape index (κ2) is 5.79. The molecule has 1 aliphatic heterocycles. The van der Waals surface area contributed by atoms with E-state index in [0.717, 1.165) is 10.8 Å². The highest BCUT2D eigenvalue weighted by Crippen LogP contribution is 2.21. The van der Waals surface area contributed by atoms with E-state index < -0.39 is 0 Å². The summed E-state index contributed by atoms with van der Waals surface area (Å²) in [6, 6.07) is 13.6. The summed E-state index contributed by atoms with van der Waals surface area (Å²) in [5, 5.41) is 2.02. The molecule has 0 spiro atoms. The maximum Gasteiger partial charge on any atom is 0.254 e. The van der Waals surface area contributed by atoms with Crippen LogP contribution in [0.4, 0.5) is 0 Å². The summed E-state index contributed by atoms with van der Waals surface area (Å²) >= 11 is 4.96. The SMILES string of the molecule is NC(=S)C1CN(C(=O)c2cccc3ccccc23)CCO1. The predicted molar refractivity (Wildman–Crippen MR) is 86.4 cm³/mol. The fraction of sp³-hybridized carbons (Fsp3) is 0.250. The van der Waals surface area contributed by atoms with Crippen LogP contribution in [-0.2, 0) is 4.74 Å². The minimum absolute atomic E-state index is 0.00338. The summed E-state index contributed by atoms with van der Waals surface area (Å²) in [7, 11) is 0. The molecule has 1 aliphatic rings. The highest BCUT2D eigenvalue weighted by atomic mass is 32.1. The zero-order valence-corrected chi connectivity index (χ0v) is 12.3. The van der Waals surface area contributed by atoms with E-state index in [9.17, 15) is 4.79 Å². The molecule has 2 aromatic rings. The number of fused-ring (bicyclic) bond motifs is 1. The molecule has 2 N–H and O–H groups in total. The van der Waals surface area contributed by atoms with Gasteiger partial charge in [-0.25, -0.2) is 0 Å². The Kier molecular flexibility index (Phi) is 3.86. The minimum Gasteiger partial charge on any atom is -0.391 e. The van der Waals surface area contributed by atoms with Gasteiger partial charge in [-0.3, -0.25) is 4.79 Å². The molecule has 21 heavy (non-hydrogen) atoms. The summed E-state index contributed by atoms with van der Waals surface area (Å²) in [6.07, 6.45) is -0.354. The molecule has 0 bridgehead atoms. The largest absolute Gasteiger partial charge is 0.391 e. The monoisotopic (exact) mass is 300 g/mol. The van der Waals surface area contributed by atoms with Gasteiger partial charge in [0.1, 0.15) is 11.1 Å². The number of rotatable bonds is 2. The highest BCUT2D eigenvalue weighted by molar-refractivity contribution is 7.80. The number of benzene rings is 2. The van der Waals surface area contributed by atoms with Crippen molar-refractivity contribution in [1.29, 1.82) is 0 Å². The quantitative estimate of drug-likeness (QED) is 0.862. The molecule has 0 aromatic heterocycles. The Morgan fingerprint density at radius 3 is 2.81 bits per heavy atom. The summed E-state index contributed by atoms with van der Waals surface area (Å²) in [4.78, 5) is 14.8. The van der Waals surface area contributed by atoms with Crippen LogP contribution in [0.25, 0.3) is 10.8 Å². The standard InChI is InChI=1S/C16H16N2O2S/c17-15(21)14-10-18(8-9-20-14)16(19)13-7-3-5-11-4-1-2-6-12(11)13/h1-7,14H,8-10H2,(H2,17,21). The van der Waals surface area contributed by atoms with Crippen molar-refractivity contribution < 1.29 is 9.53 Å². The van der Waals surface area contributed by atoms with Crippen LogP contribution in [-0.4, -0.2) is 41.6 Å². The Bertz CT molecular complexity index is 696. The van der Waals surface area contributed by atoms with Crippen molar-refractivity contribution >= 4 is 33.9 Å². The maximum absolute atomic E-state index is 12.8. The number of thiocarbonyl (C=S) groups is 1. The van der Waals surface area contributed by atoms with Crippen molar-refractivity contribution in [2.75, 3.05) is 19.7 Å². The van der Waals surface area contributed by atoms with E-state index in [4.69, 9.17) is 22.7 Å². The normalized spacial score (nSPS) is 18.7. The van der Waals surface area contributed by atoms with Crippen LogP contribution >= 0.6 is 12.2 Å². The van der Waals surface area contributed by atoms with Gasteiger partial charge in [-0.2, -0.15) is 0 Å². The number of carbonyl (C=O) groups is 1. The van der Waals surface area contributed by atoms with E-state index >= 15 is 0 Å². The van der Waals surface area contributed by atoms with Crippen LogP contribution in [0.15, 0.2) is 42.5 Å². The van der Waals surface area contributed by atoms with Crippen LogP contribution < -0.4 is 5.73 Å². The van der Waals surface area contributed by atoms with Crippen LogP contribution in [0.1, 0.15) is 10.4 Å². The third kappa shape index (κ3) is 2.75. The lowest BCUT2D eigenvalue weighted by atomic mass is 10.0. The number of hydrogen-bond donors (Lipinski definition) is 1.